The number of piperidine rings is 1. The molecule has 166 valence electrons. The molecule has 4 rings (SSSR count). The van der Waals surface area contributed by atoms with Crippen LogP contribution in [0.25, 0.3) is 0 Å². The number of fused-ring (bicyclic) bond motifs is 1. The van der Waals surface area contributed by atoms with E-state index >= 15 is 0 Å². The Kier molecular flexibility index (Phi) is 6.49. The predicted octanol–water partition coefficient (Wildman–Crippen LogP) is 3.90. The minimum atomic E-state index is -3.37. The fraction of sp³-hybridized carbons (Fsp3) is 0.480. The van der Waals surface area contributed by atoms with Gasteiger partial charge in [-0.1, -0.05) is 48.0 Å². The van der Waals surface area contributed by atoms with Crippen molar-refractivity contribution in [3.05, 3.63) is 70.3 Å². The Morgan fingerprint density at radius 2 is 1.84 bits per heavy atom. The van der Waals surface area contributed by atoms with Crippen LogP contribution >= 0.6 is 0 Å². The Labute approximate surface area is 185 Å². The van der Waals surface area contributed by atoms with Gasteiger partial charge >= 0.3 is 0 Å². The molecule has 1 N–H and O–H groups in total. The van der Waals surface area contributed by atoms with E-state index in [1.54, 1.807) is 4.31 Å². The number of benzene rings is 2. The SMILES string of the molecule is Cc1cccc(CS(=O)(=O)N2CCC(C(=O)NC(C)c3ccc4c(c3)CCC4)CC2)c1. The van der Waals surface area contributed by atoms with Gasteiger partial charge in [-0.3, -0.25) is 4.79 Å². The molecule has 6 heteroatoms. The van der Waals surface area contributed by atoms with Gasteiger partial charge in [0.15, 0.2) is 0 Å². The zero-order chi connectivity index (χ0) is 22.0. The van der Waals surface area contributed by atoms with E-state index in [9.17, 15) is 13.2 Å². The van der Waals surface area contributed by atoms with E-state index in [4.69, 9.17) is 0 Å². The molecule has 0 aromatic heterocycles. The highest BCUT2D eigenvalue weighted by Gasteiger charge is 2.31. The van der Waals surface area contributed by atoms with Gasteiger partial charge in [0.1, 0.15) is 0 Å². The van der Waals surface area contributed by atoms with Crippen molar-refractivity contribution in [2.45, 2.75) is 57.7 Å². The molecule has 2 aliphatic rings. The van der Waals surface area contributed by atoms with E-state index in [1.165, 1.54) is 17.5 Å². The van der Waals surface area contributed by atoms with Crippen LogP contribution < -0.4 is 5.32 Å². The first-order chi connectivity index (χ1) is 14.8. The average Bonchev–Trinajstić information content (AvgIpc) is 3.21. The van der Waals surface area contributed by atoms with Gasteiger partial charge in [-0.25, -0.2) is 12.7 Å². The quantitative estimate of drug-likeness (QED) is 0.741. The number of aryl methyl sites for hydroxylation is 3. The maximum atomic E-state index is 12.8. The van der Waals surface area contributed by atoms with E-state index in [0.29, 0.717) is 25.9 Å². The maximum absolute atomic E-state index is 12.8. The Hall–Kier alpha value is -2.18. The molecule has 1 saturated heterocycles. The molecule has 1 amide bonds. The number of hydrogen-bond acceptors (Lipinski definition) is 3. The van der Waals surface area contributed by atoms with Gasteiger partial charge in [0.2, 0.25) is 15.9 Å². The molecule has 1 aliphatic carbocycles. The molecule has 5 nitrogen and oxygen atoms in total. The lowest BCUT2D eigenvalue weighted by atomic mass is 9.96. The molecule has 31 heavy (non-hydrogen) atoms. The third-order valence-electron chi connectivity index (χ3n) is 6.63. The molecular weight excluding hydrogens is 408 g/mol. The molecule has 0 spiro atoms. The summed E-state index contributed by atoms with van der Waals surface area (Å²) in [5.74, 6) is -0.0907. The van der Waals surface area contributed by atoms with Gasteiger partial charge in [-0.05, 0) is 68.2 Å². The predicted molar refractivity (Wildman–Crippen MR) is 123 cm³/mol. The van der Waals surface area contributed by atoms with Crippen LogP contribution in [0.2, 0.25) is 0 Å². The summed E-state index contributed by atoms with van der Waals surface area (Å²) in [6, 6.07) is 14.1. The summed E-state index contributed by atoms with van der Waals surface area (Å²) in [5, 5.41) is 3.15. The van der Waals surface area contributed by atoms with Gasteiger partial charge in [-0.2, -0.15) is 0 Å². The molecule has 0 bridgehead atoms. The number of nitrogens with one attached hydrogen (secondary N) is 1. The van der Waals surface area contributed by atoms with Crippen molar-refractivity contribution in [1.82, 2.24) is 9.62 Å². The summed E-state index contributed by atoms with van der Waals surface area (Å²) in [6.07, 6.45) is 4.62. The van der Waals surface area contributed by atoms with Crippen molar-refractivity contribution in [3.63, 3.8) is 0 Å². The summed E-state index contributed by atoms with van der Waals surface area (Å²) in [6.45, 7) is 4.79. The zero-order valence-corrected chi connectivity index (χ0v) is 19.2. The normalized spacial score (nSPS) is 18.5. The topological polar surface area (TPSA) is 66.5 Å². The molecule has 0 radical (unpaired) electrons. The van der Waals surface area contributed by atoms with Crippen molar-refractivity contribution >= 4 is 15.9 Å². The van der Waals surface area contributed by atoms with E-state index < -0.39 is 10.0 Å². The third-order valence-corrected chi connectivity index (χ3v) is 8.48. The molecular formula is C25H32N2O3S. The van der Waals surface area contributed by atoms with Crippen LogP contribution in [0.15, 0.2) is 42.5 Å². The van der Waals surface area contributed by atoms with E-state index in [0.717, 1.165) is 29.5 Å². The first kappa shape index (κ1) is 22.0. The number of carbonyl (C=O) groups excluding carboxylic acids is 1. The van der Waals surface area contributed by atoms with Crippen molar-refractivity contribution in [1.29, 1.82) is 0 Å². The smallest absolute Gasteiger partial charge is 0.223 e. The average molecular weight is 441 g/mol. The lowest BCUT2D eigenvalue weighted by Gasteiger charge is -2.31. The van der Waals surface area contributed by atoms with Crippen LogP contribution in [0.4, 0.5) is 0 Å². The molecule has 1 heterocycles. The molecule has 1 aliphatic heterocycles. The molecule has 1 unspecified atom stereocenters. The maximum Gasteiger partial charge on any atom is 0.223 e. The first-order valence-electron chi connectivity index (χ1n) is 11.3. The van der Waals surface area contributed by atoms with Crippen molar-refractivity contribution in [3.8, 4) is 0 Å². The van der Waals surface area contributed by atoms with Gasteiger partial charge < -0.3 is 5.32 Å². The highest BCUT2D eigenvalue weighted by atomic mass is 32.2. The second-order valence-electron chi connectivity index (χ2n) is 9.03. The van der Waals surface area contributed by atoms with E-state index in [1.807, 2.05) is 38.1 Å². The number of sulfonamides is 1. The second kappa shape index (κ2) is 9.13. The molecule has 2 aromatic carbocycles. The van der Waals surface area contributed by atoms with Crippen LogP contribution in [-0.2, 0) is 33.4 Å². The van der Waals surface area contributed by atoms with Gasteiger partial charge in [-0.15, -0.1) is 0 Å². The lowest BCUT2D eigenvalue weighted by molar-refractivity contribution is -0.126. The highest BCUT2D eigenvalue weighted by Crippen LogP contribution is 2.27. The Bertz CT molecular complexity index is 1060. The van der Waals surface area contributed by atoms with Gasteiger partial charge in [0, 0.05) is 19.0 Å². The van der Waals surface area contributed by atoms with E-state index in [-0.39, 0.29) is 23.6 Å². The monoisotopic (exact) mass is 440 g/mol. The van der Waals surface area contributed by atoms with Crippen LogP contribution in [0.3, 0.4) is 0 Å². The minimum Gasteiger partial charge on any atom is -0.349 e. The zero-order valence-electron chi connectivity index (χ0n) is 18.4. The Morgan fingerprint density at radius 1 is 1.10 bits per heavy atom. The fourth-order valence-electron chi connectivity index (χ4n) is 4.78. The van der Waals surface area contributed by atoms with Crippen LogP contribution in [0.5, 0.6) is 0 Å². The van der Waals surface area contributed by atoms with Crippen LogP contribution in [0, 0.1) is 12.8 Å². The van der Waals surface area contributed by atoms with E-state index in [2.05, 4.69) is 23.5 Å². The largest absolute Gasteiger partial charge is 0.349 e. The van der Waals surface area contributed by atoms with Crippen molar-refractivity contribution in [2.24, 2.45) is 5.92 Å². The van der Waals surface area contributed by atoms with Crippen molar-refractivity contribution < 1.29 is 13.2 Å². The number of amides is 1. The lowest BCUT2D eigenvalue weighted by Crippen LogP contribution is -2.43. The van der Waals surface area contributed by atoms with Crippen molar-refractivity contribution in [2.75, 3.05) is 13.1 Å². The molecule has 1 atom stereocenters. The number of carbonyl (C=O) groups is 1. The third kappa shape index (κ3) is 5.18. The standard InChI is InChI=1S/C25H32N2O3S/c1-18-5-3-6-20(15-18)17-31(29,30)27-13-11-22(12-14-27)25(28)26-19(2)23-10-9-21-7-4-8-24(21)16-23/h3,5-6,9-10,15-16,19,22H,4,7-8,11-14,17H2,1-2H3,(H,26,28). The summed E-state index contributed by atoms with van der Waals surface area (Å²) < 4.78 is 27.2. The summed E-state index contributed by atoms with van der Waals surface area (Å²) in [7, 11) is -3.37. The van der Waals surface area contributed by atoms with Crippen LogP contribution in [-0.4, -0.2) is 31.7 Å². The summed E-state index contributed by atoms with van der Waals surface area (Å²) in [5.41, 5.74) is 5.85. The Morgan fingerprint density at radius 3 is 2.58 bits per heavy atom. The fourth-order valence-corrected chi connectivity index (χ4v) is 6.33. The minimum absolute atomic E-state index is 0.0148. The Balaban J connectivity index is 1.31. The second-order valence-corrected chi connectivity index (χ2v) is 11.0. The molecule has 1 fully saturated rings. The van der Waals surface area contributed by atoms with Crippen LogP contribution in [0.1, 0.15) is 60.0 Å². The summed E-state index contributed by atoms with van der Waals surface area (Å²) >= 11 is 0. The number of hydrogen-bond donors (Lipinski definition) is 1. The first-order valence-corrected chi connectivity index (χ1v) is 12.9. The number of rotatable bonds is 6. The molecule has 2 aromatic rings. The molecule has 0 saturated carbocycles. The van der Waals surface area contributed by atoms with Gasteiger partial charge in [0.05, 0.1) is 11.8 Å². The highest BCUT2D eigenvalue weighted by molar-refractivity contribution is 7.88. The summed E-state index contributed by atoms with van der Waals surface area (Å²) in [4.78, 5) is 12.8. The van der Waals surface area contributed by atoms with Gasteiger partial charge in [0.25, 0.3) is 0 Å². The number of nitrogens with zero attached hydrogens (tertiary/aromatic N) is 1.